The summed E-state index contributed by atoms with van der Waals surface area (Å²) in [7, 11) is 0. The molecule has 1 aliphatic heterocycles. The molecule has 0 spiro atoms. The van der Waals surface area contributed by atoms with Gasteiger partial charge in [-0.1, -0.05) is 12.1 Å². The third-order valence-corrected chi connectivity index (χ3v) is 2.98. The van der Waals surface area contributed by atoms with Crippen molar-refractivity contribution in [1.82, 2.24) is 0 Å². The first kappa shape index (κ1) is 11.4. The summed E-state index contributed by atoms with van der Waals surface area (Å²) in [6.45, 7) is 2.99. The number of aryl methyl sites for hydroxylation is 1. The Kier molecular flexibility index (Phi) is 3.80. The van der Waals surface area contributed by atoms with Gasteiger partial charge >= 0.3 is 0 Å². The Hall–Kier alpha value is -1.06. The lowest BCUT2D eigenvalue weighted by Crippen LogP contribution is -2.36. The Balaban J connectivity index is 2.00. The average molecular weight is 221 g/mol. The molecular weight excluding hydrogens is 202 g/mol. The molecule has 3 nitrogen and oxygen atoms in total. The molecule has 1 aromatic rings. The fourth-order valence-electron chi connectivity index (χ4n) is 2.12. The lowest BCUT2D eigenvalue weighted by Gasteiger charge is -2.23. The lowest BCUT2D eigenvalue weighted by molar-refractivity contribution is 0.0758. The van der Waals surface area contributed by atoms with Gasteiger partial charge in [-0.15, -0.1) is 0 Å². The van der Waals surface area contributed by atoms with E-state index in [0.717, 1.165) is 25.1 Å². The molecule has 2 N–H and O–H groups in total. The standard InChI is InChI=1S/C13H19NO2/c1-10-4-2-5-11(8-10)14-12(9-15)13-6-3-7-16-13/h2,4-5,8,12-15H,3,6-7,9H2,1H3. The fraction of sp³-hybridized carbons (Fsp3) is 0.538. The Labute approximate surface area is 96.4 Å². The van der Waals surface area contributed by atoms with Crippen LogP contribution in [0.1, 0.15) is 18.4 Å². The van der Waals surface area contributed by atoms with E-state index in [-0.39, 0.29) is 18.8 Å². The molecule has 1 aromatic carbocycles. The number of anilines is 1. The number of ether oxygens (including phenoxy) is 1. The molecule has 1 heterocycles. The van der Waals surface area contributed by atoms with Crippen LogP contribution in [0.25, 0.3) is 0 Å². The molecule has 0 amide bonds. The minimum absolute atomic E-state index is 0.00398. The second-order valence-electron chi connectivity index (χ2n) is 4.35. The van der Waals surface area contributed by atoms with Crippen molar-refractivity contribution in [2.45, 2.75) is 31.9 Å². The molecule has 16 heavy (non-hydrogen) atoms. The first-order valence-corrected chi connectivity index (χ1v) is 5.85. The van der Waals surface area contributed by atoms with Gasteiger partial charge in [0.05, 0.1) is 18.8 Å². The second kappa shape index (κ2) is 5.32. The monoisotopic (exact) mass is 221 g/mol. The number of aliphatic hydroxyl groups excluding tert-OH is 1. The highest BCUT2D eigenvalue weighted by Gasteiger charge is 2.25. The van der Waals surface area contributed by atoms with Crippen molar-refractivity contribution in [1.29, 1.82) is 0 Å². The quantitative estimate of drug-likeness (QED) is 0.816. The minimum Gasteiger partial charge on any atom is -0.394 e. The molecule has 0 radical (unpaired) electrons. The Morgan fingerprint density at radius 3 is 3.06 bits per heavy atom. The summed E-state index contributed by atoms with van der Waals surface area (Å²) in [4.78, 5) is 0. The topological polar surface area (TPSA) is 41.5 Å². The summed E-state index contributed by atoms with van der Waals surface area (Å²) in [5.74, 6) is 0. The SMILES string of the molecule is Cc1cccc(NC(CO)C2CCCO2)c1. The first-order valence-electron chi connectivity index (χ1n) is 5.85. The molecule has 0 aliphatic carbocycles. The molecule has 1 fully saturated rings. The van der Waals surface area contributed by atoms with Gasteiger partial charge in [-0.25, -0.2) is 0 Å². The Bertz CT molecular complexity index is 334. The van der Waals surface area contributed by atoms with Crippen LogP contribution < -0.4 is 5.32 Å². The summed E-state index contributed by atoms with van der Waals surface area (Å²) in [6.07, 6.45) is 2.27. The van der Waals surface area contributed by atoms with E-state index in [2.05, 4.69) is 24.4 Å². The van der Waals surface area contributed by atoms with Crippen LogP contribution in [-0.4, -0.2) is 30.5 Å². The number of hydrogen-bond donors (Lipinski definition) is 2. The third-order valence-electron chi connectivity index (χ3n) is 2.98. The maximum atomic E-state index is 9.37. The molecule has 0 saturated carbocycles. The van der Waals surface area contributed by atoms with Gasteiger partial charge in [0, 0.05) is 12.3 Å². The first-order chi connectivity index (χ1) is 7.79. The molecule has 0 bridgehead atoms. The number of nitrogens with one attached hydrogen (secondary N) is 1. The summed E-state index contributed by atoms with van der Waals surface area (Å²) in [6, 6.07) is 8.18. The summed E-state index contributed by atoms with van der Waals surface area (Å²) >= 11 is 0. The Morgan fingerprint density at radius 2 is 2.44 bits per heavy atom. The van der Waals surface area contributed by atoms with E-state index in [9.17, 15) is 5.11 Å². The van der Waals surface area contributed by atoms with Gasteiger partial charge < -0.3 is 15.2 Å². The van der Waals surface area contributed by atoms with Crippen LogP contribution in [-0.2, 0) is 4.74 Å². The lowest BCUT2D eigenvalue weighted by atomic mass is 10.1. The highest BCUT2D eigenvalue weighted by molar-refractivity contribution is 5.46. The third kappa shape index (κ3) is 2.74. The van der Waals surface area contributed by atoms with Crippen LogP contribution in [0.2, 0.25) is 0 Å². The second-order valence-corrected chi connectivity index (χ2v) is 4.35. The van der Waals surface area contributed by atoms with E-state index in [1.54, 1.807) is 0 Å². The van der Waals surface area contributed by atoms with E-state index in [0.29, 0.717) is 0 Å². The van der Waals surface area contributed by atoms with Crippen molar-refractivity contribution in [2.24, 2.45) is 0 Å². The molecule has 0 aromatic heterocycles. The van der Waals surface area contributed by atoms with Gasteiger partial charge in [-0.05, 0) is 37.5 Å². The van der Waals surface area contributed by atoms with Gasteiger partial charge in [0.25, 0.3) is 0 Å². The van der Waals surface area contributed by atoms with Crippen LogP contribution in [0.3, 0.4) is 0 Å². The van der Waals surface area contributed by atoms with E-state index in [4.69, 9.17) is 4.74 Å². The van der Waals surface area contributed by atoms with Crippen LogP contribution in [0.15, 0.2) is 24.3 Å². The van der Waals surface area contributed by atoms with Crippen molar-refractivity contribution in [3.8, 4) is 0 Å². The highest BCUT2D eigenvalue weighted by atomic mass is 16.5. The zero-order chi connectivity index (χ0) is 11.4. The number of rotatable bonds is 4. The van der Waals surface area contributed by atoms with Gasteiger partial charge in [0.15, 0.2) is 0 Å². The highest BCUT2D eigenvalue weighted by Crippen LogP contribution is 2.19. The predicted molar refractivity (Wildman–Crippen MR) is 64.6 cm³/mol. The smallest absolute Gasteiger partial charge is 0.0799 e. The minimum atomic E-state index is 0.00398. The van der Waals surface area contributed by atoms with Crippen molar-refractivity contribution in [3.05, 3.63) is 29.8 Å². The molecular formula is C13H19NO2. The molecule has 2 rings (SSSR count). The average Bonchev–Trinajstić information content (AvgIpc) is 2.79. The summed E-state index contributed by atoms with van der Waals surface area (Å²) in [5.41, 5.74) is 2.27. The normalized spacial score (nSPS) is 22.0. The van der Waals surface area contributed by atoms with E-state index in [1.165, 1.54) is 5.56 Å². The van der Waals surface area contributed by atoms with Gasteiger partial charge in [-0.2, -0.15) is 0 Å². The maximum absolute atomic E-state index is 9.37. The van der Waals surface area contributed by atoms with E-state index < -0.39 is 0 Å². The van der Waals surface area contributed by atoms with Crippen LogP contribution in [0.4, 0.5) is 5.69 Å². The van der Waals surface area contributed by atoms with Crippen LogP contribution in [0.5, 0.6) is 0 Å². The summed E-state index contributed by atoms with van der Waals surface area (Å²) in [5, 5.41) is 12.7. The van der Waals surface area contributed by atoms with E-state index in [1.807, 2.05) is 12.1 Å². The van der Waals surface area contributed by atoms with Crippen molar-refractivity contribution in [2.75, 3.05) is 18.5 Å². The summed E-state index contributed by atoms with van der Waals surface area (Å²) < 4.78 is 5.59. The van der Waals surface area contributed by atoms with Gasteiger partial charge in [0.1, 0.15) is 0 Å². The molecule has 88 valence electrons. The van der Waals surface area contributed by atoms with E-state index >= 15 is 0 Å². The number of aliphatic hydroxyl groups is 1. The molecule has 2 atom stereocenters. The maximum Gasteiger partial charge on any atom is 0.0799 e. The van der Waals surface area contributed by atoms with Crippen LogP contribution >= 0.6 is 0 Å². The molecule has 2 unspecified atom stereocenters. The zero-order valence-electron chi connectivity index (χ0n) is 9.65. The Morgan fingerprint density at radius 1 is 1.56 bits per heavy atom. The zero-order valence-corrected chi connectivity index (χ0v) is 9.65. The van der Waals surface area contributed by atoms with Crippen molar-refractivity contribution in [3.63, 3.8) is 0 Å². The number of benzene rings is 1. The van der Waals surface area contributed by atoms with Gasteiger partial charge in [0.2, 0.25) is 0 Å². The molecule has 1 saturated heterocycles. The van der Waals surface area contributed by atoms with Crippen molar-refractivity contribution < 1.29 is 9.84 Å². The van der Waals surface area contributed by atoms with Gasteiger partial charge in [-0.3, -0.25) is 0 Å². The van der Waals surface area contributed by atoms with Crippen molar-refractivity contribution >= 4 is 5.69 Å². The molecule has 1 aliphatic rings. The molecule has 3 heteroatoms. The van der Waals surface area contributed by atoms with Crippen LogP contribution in [0, 0.1) is 6.92 Å². The predicted octanol–water partition coefficient (Wildman–Crippen LogP) is 1.95. The number of hydrogen-bond acceptors (Lipinski definition) is 3. The fourth-order valence-corrected chi connectivity index (χ4v) is 2.12. The largest absolute Gasteiger partial charge is 0.394 e.